The van der Waals surface area contributed by atoms with Crippen LogP contribution in [0.3, 0.4) is 0 Å². The van der Waals surface area contributed by atoms with E-state index in [1.165, 1.54) is 50.6 Å². The molecule has 2 atom stereocenters. The van der Waals surface area contributed by atoms with Gasteiger partial charge in [0.15, 0.2) is 0 Å². The van der Waals surface area contributed by atoms with E-state index in [-0.39, 0.29) is 0 Å². The topological polar surface area (TPSA) is 25.1 Å². The molecule has 2 aliphatic heterocycles. The van der Waals surface area contributed by atoms with E-state index in [2.05, 4.69) is 36.9 Å². The summed E-state index contributed by atoms with van der Waals surface area (Å²) in [4.78, 5) is 0. The zero-order chi connectivity index (χ0) is 15.3. The van der Waals surface area contributed by atoms with E-state index < -0.39 is 8.07 Å². The van der Waals surface area contributed by atoms with Crippen molar-refractivity contribution in [3.63, 3.8) is 0 Å². The van der Waals surface area contributed by atoms with Gasteiger partial charge in [-0.25, -0.2) is 0 Å². The maximum Gasteiger partial charge on any atom is 0.0836 e. The molecule has 0 N–H and O–H groups in total. The Balaban J connectivity index is 1.48. The van der Waals surface area contributed by atoms with Crippen molar-refractivity contribution in [3.8, 4) is 0 Å². The summed E-state index contributed by atoms with van der Waals surface area (Å²) < 4.78 is 10.7. The molecule has 2 fully saturated rings. The van der Waals surface area contributed by atoms with Gasteiger partial charge in [0.2, 0.25) is 0 Å². The van der Waals surface area contributed by atoms with Gasteiger partial charge in [-0.3, -0.25) is 0 Å². The summed E-state index contributed by atoms with van der Waals surface area (Å²) in [6.45, 7) is 4.62. The molecule has 2 saturated heterocycles. The first kappa shape index (κ1) is 16.2. The summed E-state index contributed by atoms with van der Waals surface area (Å²) in [5, 5.41) is 1.65. The molecule has 0 amide bonds. The summed E-state index contributed by atoms with van der Waals surface area (Å²) in [6.07, 6.45) is 9.20. The van der Waals surface area contributed by atoms with Crippen LogP contribution in [-0.4, -0.2) is 33.5 Å². The van der Waals surface area contributed by atoms with Crippen LogP contribution in [0.2, 0.25) is 18.6 Å². The lowest BCUT2D eigenvalue weighted by molar-refractivity contribution is 0.390. The third-order valence-electron chi connectivity index (χ3n) is 5.28. The molecule has 0 spiro atoms. The number of epoxide rings is 2. The molecule has 1 aromatic rings. The molecule has 1 aromatic carbocycles. The lowest BCUT2D eigenvalue weighted by Crippen LogP contribution is -2.44. The molecule has 3 rings (SSSR count). The van der Waals surface area contributed by atoms with Crippen molar-refractivity contribution in [2.24, 2.45) is 0 Å². The fourth-order valence-corrected chi connectivity index (χ4v) is 7.38. The van der Waals surface area contributed by atoms with E-state index in [0.29, 0.717) is 12.2 Å². The van der Waals surface area contributed by atoms with Crippen molar-refractivity contribution in [2.45, 2.75) is 69.4 Å². The van der Waals surface area contributed by atoms with Crippen LogP contribution >= 0.6 is 0 Å². The average Bonchev–Trinajstić information content (AvgIpc) is 3.44. The number of hydrogen-bond acceptors (Lipinski definition) is 2. The van der Waals surface area contributed by atoms with Crippen molar-refractivity contribution >= 4 is 13.3 Å². The molecule has 2 nitrogen and oxygen atoms in total. The first-order valence-corrected chi connectivity index (χ1v) is 12.0. The van der Waals surface area contributed by atoms with Crippen LogP contribution in [0, 0.1) is 0 Å². The predicted molar refractivity (Wildman–Crippen MR) is 94.5 cm³/mol. The molecule has 122 valence electrons. The number of rotatable bonds is 11. The Kier molecular flexibility index (Phi) is 5.72. The first-order chi connectivity index (χ1) is 10.8. The molecule has 2 aliphatic rings. The highest BCUT2D eigenvalue weighted by Crippen LogP contribution is 2.26. The van der Waals surface area contributed by atoms with Crippen LogP contribution in [0.25, 0.3) is 0 Å². The van der Waals surface area contributed by atoms with E-state index in [1.54, 1.807) is 5.19 Å². The third kappa shape index (κ3) is 5.22. The fourth-order valence-electron chi connectivity index (χ4n) is 3.50. The highest BCUT2D eigenvalue weighted by atomic mass is 28.3. The van der Waals surface area contributed by atoms with Crippen molar-refractivity contribution < 1.29 is 9.47 Å². The molecular formula is C19H30O2Si. The zero-order valence-electron chi connectivity index (χ0n) is 13.9. The minimum absolute atomic E-state index is 0.600. The Bertz CT molecular complexity index is 420. The summed E-state index contributed by atoms with van der Waals surface area (Å²) >= 11 is 0. The van der Waals surface area contributed by atoms with Gasteiger partial charge in [0.25, 0.3) is 0 Å². The van der Waals surface area contributed by atoms with Crippen molar-refractivity contribution in [2.75, 3.05) is 13.2 Å². The second-order valence-electron chi connectivity index (χ2n) is 7.33. The van der Waals surface area contributed by atoms with Gasteiger partial charge in [0.1, 0.15) is 0 Å². The zero-order valence-corrected chi connectivity index (χ0v) is 14.9. The van der Waals surface area contributed by atoms with E-state index in [9.17, 15) is 0 Å². The van der Waals surface area contributed by atoms with Crippen LogP contribution in [-0.2, 0) is 9.47 Å². The largest absolute Gasteiger partial charge is 0.373 e. The van der Waals surface area contributed by atoms with Gasteiger partial charge in [0.05, 0.1) is 33.5 Å². The van der Waals surface area contributed by atoms with Gasteiger partial charge in [-0.05, 0) is 12.8 Å². The second-order valence-corrected chi connectivity index (χ2v) is 12.0. The van der Waals surface area contributed by atoms with Gasteiger partial charge in [-0.15, -0.1) is 0 Å². The van der Waals surface area contributed by atoms with Crippen LogP contribution in [0.5, 0.6) is 0 Å². The van der Waals surface area contributed by atoms with Gasteiger partial charge in [0, 0.05) is 0 Å². The average molecular weight is 319 g/mol. The van der Waals surface area contributed by atoms with E-state index >= 15 is 0 Å². The molecule has 0 bridgehead atoms. The van der Waals surface area contributed by atoms with Crippen LogP contribution in [0.4, 0.5) is 0 Å². The smallest absolute Gasteiger partial charge is 0.0836 e. The molecular weight excluding hydrogens is 288 g/mol. The molecule has 2 unspecified atom stereocenters. The SMILES string of the molecule is C[Si](CCCCC1CO1)(CCCCC1CO1)c1ccccc1. The standard InChI is InChI=1S/C19H30O2Si/c1-22(19-11-3-2-4-12-19,13-7-5-9-17-15-20-17)14-8-6-10-18-16-21-18/h2-4,11-12,17-18H,5-10,13-16H2,1H3. The molecule has 0 radical (unpaired) electrons. The normalized spacial score (nSPS) is 25.7. The fraction of sp³-hybridized carbons (Fsp3) is 0.684. The lowest BCUT2D eigenvalue weighted by atomic mass is 10.2. The number of unbranched alkanes of at least 4 members (excludes halogenated alkanes) is 2. The third-order valence-corrected chi connectivity index (χ3v) is 9.93. The number of hydrogen-bond donors (Lipinski definition) is 0. The predicted octanol–water partition coefficient (Wildman–Crippen LogP) is 4.11. The minimum atomic E-state index is -1.31. The molecule has 0 aromatic heterocycles. The molecule has 22 heavy (non-hydrogen) atoms. The maximum absolute atomic E-state index is 5.33. The number of benzene rings is 1. The van der Waals surface area contributed by atoms with E-state index in [4.69, 9.17) is 9.47 Å². The molecule has 0 saturated carbocycles. The summed E-state index contributed by atoms with van der Waals surface area (Å²) in [6, 6.07) is 14.2. The Morgan fingerprint density at radius 3 is 1.82 bits per heavy atom. The molecule has 3 heteroatoms. The quantitative estimate of drug-likeness (QED) is 0.348. The highest BCUT2D eigenvalue weighted by molar-refractivity contribution is 6.90. The van der Waals surface area contributed by atoms with Crippen molar-refractivity contribution in [1.82, 2.24) is 0 Å². The molecule has 0 aliphatic carbocycles. The van der Waals surface area contributed by atoms with Gasteiger partial charge >= 0.3 is 0 Å². The van der Waals surface area contributed by atoms with Crippen molar-refractivity contribution in [3.05, 3.63) is 30.3 Å². The van der Waals surface area contributed by atoms with Crippen LogP contribution in [0.1, 0.15) is 38.5 Å². The van der Waals surface area contributed by atoms with Crippen molar-refractivity contribution in [1.29, 1.82) is 0 Å². The summed E-state index contributed by atoms with van der Waals surface area (Å²) in [5.41, 5.74) is 0. The Morgan fingerprint density at radius 2 is 1.36 bits per heavy atom. The first-order valence-electron chi connectivity index (χ1n) is 9.05. The lowest BCUT2D eigenvalue weighted by Gasteiger charge is -2.28. The Morgan fingerprint density at radius 1 is 0.864 bits per heavy atom. The summed E-state index contributed by atoms with van der Waals surface area (Å²) in [5.74, 6) is 0. The Labute approximate surface area is 136 Å². The number of ether oxygens (including phenoxy) is 2. The highest BCUT2D eigenvalue weighted by Gasteiger charge is 2.29. The van der Waals surface area contributed by atoms with Gasteiger partial charge in [-0.1, -0.05) is 79.8 Å². The van der Waals surface area contributed by atoms with E-state index in [1.807, 2.05) is 0 Å². The van der Waals surface area contributed by atoms with E-state index in [0.717, 1.165) is 13.2 Å². The van der Waals surface area contributed by atoms with Crippen LogP contribution < -0.4 is 5.19 Å². The van der Waals surface area contributed by atoms with Crippen LogP contribution in [0.15, 0.2) is 30.3 Å². The second kappa shape index (κ2) is 7.76. The maximum atomic E-state index is 5.33. The van der Waals surface area contributed by atoms with Gasteiger partial charge in [-0.2, -0.15) is 0 Å². The van der Waals surface area contributed by atoms with Gasteiger partial charge < -0.3 is 9.47 Å². The molecule has 2 heterocycles. The Hall–Kier alpha value is -0.643. The monoisotopic (exact) mass is 318 g/mol. The minimum Gasteiger partial charge on any atom is -0.373 e. The summed E-state index contributed by atoms with van der Waals surface area (Å²) in [7, 11) is -1.31.